The Hall–Kier alpha value is -2.44. The van der Waals surface area contributed by atoms with Gasteiger partial charge >= 0.3 is 0 Å². The molecule has 30 heavy (non-hydrogen) atoms. The number of halogens is 3. The second-order valence-electron chi connectivity index (χ2n) is 7.71. The molecule has 0 radical (unpaired) electrons. The first kappa shape index (κ1) is 19.5. The number of hydrogen-bond acceptors (Lipinski definition) is 4. The van der Waals surface area contributed by atoms with Crippen molar-refractivity contribution in [2.24, 2.45) is 0 Å². The smallest absolute Gasteiger partial charge is 0.142 e. The van der Waals surface area contributed by atoms with E-state index in [2.05, 4.69) is 43.3 Å². The molecule has 1 saturated heterocycles. The molecule has 0 saturated carbocycles. The van der Waals surface area contributed by atoms with Crippen LogP contribution in [0, 0.1) is 5.82 Å². The second kappa shape index (κ2) is 8.00. The third kappa shape index (κ3) is 3.59. The van der Waals surface area contributed by atoms with Crippen molar-refractivity contribution in [3.05, 3.63) is 58.0 Å². The average molecular weight is 446 g/mol. The summed E-state index contributed by atoms with van der Waals surface area (Å²) in [5.41, 5.74) is 3.62. The Morgan fingerprint density at radius 2 is 1.90 bits per heavy atom. The number of fused-ring (bicyclic) bond motifs is 1. The van der Waals surface area contributed by atoms with Crippen molar-refractivity contribution in [1.82, 2.24) is 9.97 Å². The van der Waals surface area contributed by atoms with Crippen LogP contribution in [0.25, 0.3) is 11.3 Å². The van der Waals surface area contributed by atoms with Crippen LogP contribution in [-0.4, -0.2) is 36.1 Å². The van der Waals surface area contributed by atoms with Crippen LogP contribution < -0.4 is 15.1 Å². The zero-order chi connectivity index (χ0) is 20.7. The molecule has 1 fully saturated rings. The predicted molar refractivity (Wildman–Crippen MR) is 121 cm³/mol. The third-order valence-corrected chi connectivity index (χ3v) is 6.56. The van der Waals surface area contributed by atoms with Crippen LogP contribution in [0.4, 0.5) is 21.7 Å². The Morgan fingerprint density at radius 3 is 2.67 bits per heavy atom. The molecule has 0 amide bonds. The molecule has 5 rings (SSSR count). The molecule has 4 heterocycles. The fraction of sp³-hybridized carbons (Fsp3) is 0.318. The van der Waals surface area contributed by atoms with E-state index in [4.69, 9.17) is 23.2 Å². The van der Waals surface area contributed by atoms with Gasteiger partial charge in [0.1, 0.15) is 17.5 Å². The fourth-order valence-electron chi connectivity index (χ4n) is 4.17. The summed E-state index contributed by atoms with van der Waals surface area (Å²) in [6.45, 7) is 4.12. The molecule has 0 bridgehead atoms. The van der Waals surface area contributed by atoms with Gasteiger partial charge in [-0.2, -0.15) is 0 Å². The van der Waals surface area contributed by atoms with Gasteiger partial charge in [-0.1, -0.05) is 23.2 Å². The first-order valence-corrected chi connectivity index (χ1v) is 10.9. The summed E-state index contributed by atoms with van der Waals surface area (Å²) in [6, 6.07) is 9.12. The number of hydrogen-bond donors (Lipinski definition) is 2. The Bertz CT molecular complexity index is 1060. The van der Waals surface area contributed by atoms with Crippen molar-refractivity contribution in [2.45, 2.75) is 19.4 Å². The Labute approximate surface area is 184 Å². The molecule has 1 aromatic carbocycles. The van der Waals surface area contributed by atoms with Crippen LogP contribution in [0.5, 0.6) is 0 Å². The number of aromatic amines is 1. The quantitative estimate of drug-likeness (QED) is 0.516. The molecule has 3 aromatic rings. The maximum atomic E-state index is 13.9. The van der Waals surface area contributed by atoms with Gasteiger partial charge in [-0.05, 0) is 43.2 Å². The summed E-state index contributed by atoms with van der Waals surface area (Å²) in [6.07, 6.45) is 4.37. The molecule has 0 spiro atoms. The highest BCUT2D eigenvalue weighted by atomic mass is 35.5. The summed E-state index contributed by atoms with van der Waals surface area (Å²) >= 11 is 12.5. The molecular weight excluding hydrogens is 424 g/mol. The zero-order valence-electron chi connectivity index (χ0n) is 16.4. The van der Waals surface area contributed by atoms with Crippen LogP contribution in [0.15, 0.2) is 36.5 Å². The first-order chi connectivity index (χ1) is 14.6. The fourth-order valence-corrected chi connectivity index (χ4v) is 4.66. The molecule has 0 aliphatic carbocycles. The molecule has 2 N–H and O–H groups in total. The minimum atomic E-state index is -0.453. The summed E-state index contributed by atoms with van der Waals surface area (Å²) in [5, 5.41) is 3.95. The van der Waals surface area contributed by atoms with Crippen molar-refractivity contribution in [3.63, 3.8) is 0 Å². The number of benzene rings is 1. The Balaban J connectivity index is 1.41. The van der Waals surface area contributed by atoms with E-state index in [0.717, 1.165) is 54.8 Å². The van der Waals surface area contributed by atoms with Crippen molar-refractivity contribution in [1.29, 1.82) is 0 Å². The first-order valence-electron chi connectivity index (χ1n) is 10.2. The van der Waals surface area contributed by atoms with Crippen molar-refractivity contribution in [2.75, 3.05) is 41.3 Å². The lowest BCUT2D eigenvalue weighted by Crippen LogP contribution is -2.33. The molecule has 2 aliphatic rings. The van der Waals surface area contributed by atoms with Gasteiger partial charge < -0.3 is 20.1 Å². The van der Waals surface area contributed by atoms with Gasteiger partial charge in [0.25, 0.3) is 0 Å². The number of anilines is 3. The van der Waals surface area contributed by atoms with Crippen LogP contribution in [0.1, 0.15) is 18.4 Å². The highest BCUT2D eigenvalue weighted by molar-refractivity contribution is 6.36. The lowest BCUT2D eigenvalue weighted by molar-refractivity contribution is 0.625. The summed E-state index contributed by atoms with van der Waals surface area (Å²) < 4.78 is 13.9. The number of aromatic nitrogens is 2. The number of rotatable bonds is 4. The lowest BCUT2D eigenvalue weighted by atomic mass is 10.1. The highest BCUT2D eigenvalue weighted by Gasteiger charge is 2.23. The van der Waals surface area contributed by atoms with Crippen molar-refractivity contribution < 1.29 is 4.39 Å². The van der Waals surface area contributed by atoms with Crippen molar-refractivity contribution >= 4 is 40.5 Å². The minimum Gasteiger partial charge on any atom is -0.368 e. The van der Waals surface area contributed by atoms with E-state index in [9.17, 15) is 4.39 Å². The van der Waals surface area contributed by atoms with Crippen LogP contribution >= 0.6 is 23.2 Å². The SMILES string of the molecule is Fc1ccc(Cl)c(CN2CCNc3[nH]c(-c4ccc(N5CCCC5)nc4)cc32)c1Cl. The summed E-state index contributed by atoms with van der Waals surface area (Å²) in [5.74, 6) is 1.51. The highest BCUT2D eigenvalue weighted by Crippen LogP contribution is 2.37. The molecule has 5 nitrogen and oxygen atoms in total. The van der Waals surface area contributed by atoms with Crippen LogP contribution in [0.2, 0.25) is 10.0 Å². The predicted octanol–water partition coefficient (Wildman–Crippen LogP) is 5.55. The van der Waals surface area contributed by atoms with E-state index in [-0.39, 0.29) is 5.02 Å². The molecule has 0 atom stereocenters. The number of nitrogens with zero attached hydrogens (tertiary/aromatic N) is 3. The van der Waals surface area contributed by atoms with Gasteiger partial charge in [0.15, 0.2) is 0 Å². The van der Waals surface area contributed by atoms with Crippen molar-refractivity contribution in [3.8, 4) is 11.3 Å². The van der Waals surface area contributed by atoms with Crippen LogP contribution in [-0.2, 0) is 6.54 Å². The summed E-state index contributed by atoms with van der Waals surface area (Å²) in [7, 11) is 0. The number of pyridine rings is 1. The van der Waals surface area contributed by atoms with Gasteiger partial charge in [0.05, 0.1) is 16.4 Å². The normalized spacial score (nSPS) is 16.0. The molecule has 0 unspecified atom stereocenters. The molecular formula is C22H22Cl2FN5. The van der Waals surface area contributed by atoms with E-state index < -0.39 is 5.82 Å². The Kier molecular flexibility index (Phi) is 5.21. The molecule has 156 valence electrons. The van der Waals surface area contributed by atoms with E-state index in [1.165, 1.54) is 18.9 Å². The van der Waals surface area contributed by atoms with Crippen LogP contribution in [0.3, 0.4) is 0 Å². The molecule has 2 aliphatic heterocycles. The third-order valence-electron chi connectivity index (χ3n) is 5.80. The second-order valence-corrected chi connectivity index (χ2v) is 8.50. The minimum absolute atomic E-state index is 0.0834. The maximum Gasteiger partial charge on any atom is 0.142 e. The van der Waals surface area contributed by atoms with Gasteiger partial charge in [0.2, 0.25) is 0 Å². The van der Waals surface area contributed by atoms with Gasteiger partial charge in [-0.3, -0.25) is 0 Å². The largest absolute Gasteiger partial charge is 0.368 e. The monoisotopic (exact) mass is 445 g/mol. The molecule has 2 aromatic heterocycles. The molecule has 8 heteroatoms. The number of nitrogens with one attached hydrogen (secondary N) is 2. The van der Waals surface area contributed by atoms with E-state index in [1.54, 1.807) is 6.07 Å². The average Bonchev–Trinajstić information content (AvgIpc) is 3.44. The summed E-state index contributed by atoms with van der Waals surface area (Å²) in [4.78, 5) is 12.6. The lowest BCUT2D eigenvalue weighted by Gasteiger charge is -2.30. The number of H-pyrrole nitrogens is 1. The van der Waals surface area contributed by atoms with E-state index >= 15 is 0 Å². The van der Waals surface area contributed by atoms with Gasteiger partial charge in [0, 0.05) is 55.1 Å². The zero-order valence-corrected chi connectivity index (χ0v) is 17.9. The maximum absolute atomic E-state index is 13.9. The standard InChI is InChI=1S/C22H22Cl2FN5/c23-16-4-5-17(25)21(24)15(16)13-30-10-7-26-22-19(30)11-18(28-22)14-3-6-20(27-12-14)29-8-1-2-9-29/h3-6,11-12,26,28H,1-2,7-10,13H2. The van der Waals surface area contributed by atoms with Gasteiger partial charge in [-0.15, -0.1) is 0 Å². The van der Waals surface area contributed by atoms with Gasteiger partial charge in [-0.25, -0.2) is 9.37 Å². The topological polar surface area (TPSA) is 47.2 Å². The van der Waals surface area contributed by atoms with E-state index in [1.807, 2.05) is 6.20 Å². The Morgan fingerprint density at radius 1 is 1.07 bits per heavy atom. The van der Waals surface area contributed by atoms with E-state index in [0.29, 0.717) is 17.1 Å².